The van der Waals surface area contributed by atoms with Crippen molar-refractivity contribution >= 4 is 11.3 Å². The fraction of sp³-hybridized carbons (Fsp3) is 0.375. The Morgan fingerprint density at radius 1 is 1.19 bits per heavy atom. The fourth-order valence-corrected chi connectivity index (χ4v) is 2.99. The van der Waals surface area contributed by atoms with E-state index in [4.69, 9.17) is 9.47 Å². The normalized spacial score (nSPS) is 14.9. The van der Waals surface area contributed by atoms with Gasteiger partial charge >= 0.3 is 0 Å². The van der Waals surface area contributed by atoms with E-state index in [0.717, 1.165) is 30.0 Å². The van der Waals surface area contributed by atoms with Gasteiger partial charge < -0.3 is 19.9 Å². The predicted octanol–water partition coefficient (Wildman–Crippen LogP) is 2.39. The van der Waals surface area contributed by atoms with Gasteiger partial charge in [0.15, 0.2) is 11.5 Å². The quantitative estimate of drug-likeness (QED) is 0.805. The maximum absolute atomic E-state index is 10.2. The molecule has 0 saturated heterocycles. The summed E-state index contributed by atoms with van der Waals surface area (Å²) in [4.78, 5) is 0. The molecule has 1 aromatic heterocycles. The van der Waals surface area contributed by atoms with E-state index in [1.54, 1.807) is 11.3 Å². The summed E-state index contributed by atoms with van der Waals surface area (Å²) in [6.07, 6.45) is 0.445. The molecule has 1 aromatic carbocycles. The topological polar surface area (TPSA) is 50.7 Å². The van der Waals surface area contributed by atoms with Gasteiger partial charge in [0.05, 0.1) is 6.10 Å². The molecule has 0 aliphatic carbocycles. The molecular formula is C16H19NO3S. The highest BCUT2D eigenvalue weighted by Crippen LogP contribution is 2.32. The van der Waals surface area contributed by atoms with E-state index in [9.17, 15) is 5.11 Å². The second kappa shape index (κ2) is 6.93. The van der Waals surface area contributed by atoms with Gasteiger partial charge in [0.25, 0.3) is 0 Å². The van der Waals surface area contributed by atoms with Crippen LogP contribution in [0.25, 0.3) is 0 Å². The molecule has 3 rings (SSSR count). The van der Waals surface area contributed by atoms with Crippen molar-refractivity contribution in [1.29, 1.82) is 0 Å². The SMILES string of the molecule is OC(CNCCc1ccsc1)c1ccc2c(c1)OCCO2. The lowest BCUT2D eigenvalue weighted by molar-refractivity contribution is 0.163. The Labute approximate surface area is 128 Å². The lowest BCUT2D eigenvalue weighted by atomic mass is 10.1. The van der Waals surface area contributed by atoms with E-state index >= 15 is 0 Å². The molecule has 21 heavy (non-hydrogen) atoms. The minimum atomic E-state index is -0.539. The molecule has 0 saturated carbocycles. The molecule has 1 unspecified atom stereocenters. The Bertz CT molecular complexity index is 571. The number of aliphatic hydroxyl groups excluding tert-OH is 1. The standard InChI is InChI=1S/C16H19NO3S/c18-14(10-17-5-3-12-4-8-21-11-12)13-1-2-15-16(9-13)20-7-6-19-15/h1-2,4,8-9,11,14,17-18H,3,5-7,10H2. The van der Waals surface area contributed by atoms with Crippen LogP contribution in [0.5, 0.6) is 11.5 Å². The van der Waals surface area contributed by atoms with Crippen LogP contribution < -0.4 is 14.8 Å². The Kier molecular flexibility index (Phi) is 4.75. The van der Waals surface area contributed by atoms with Crippen LogP contribution >= 0.6 is 11.3 Å². The summed E-state index contributed by atoms with van der Waals surface area (Å²) in [6.45, 7) is 2.53. The highest BCUT2D eigenvalue weighted by atomic mass is 32.1. The van der Waals surface area contributed by atoms with E-state index in [1.165, 1.54) is 5.56 Å². The number of aliphatic hydroxyl groups is 1. The number of rotatable bonds is 6. The van der Waals surface area contributed by atoms with Crippen LogP contribution in [0, 0.1) is 0 Å². The van der Waals surface area contributed by atoms with Crippen molar-refractivity contribution < 1.29 is 14.6 Å². The summed E-state index contributed by atoms with van der Waals surface area (Å²) >= 11 is 1.71. The minimum absolute atomic E-state index is 0.532. The van der Waals surface area contributed by atoms with Crippen molar-refractivity contribution in [3.05, 3.63) is 46.2 Å². The first-order chi connectivity index (χ1) is 10.3. The molecule has 1 aliphatic heterocycles. The first-order valence-electron chi connectivity index (χ1n) is 7.12. The van der Waals surface area contributed by atoms with Gasteiger partial charge in [0.2, 0.25) is 0 Å². The first kappa shape index (κ1) is 14.4. The molecule has 0 bridgehead atoms. The molecule has 4 nitrogen and oxygen atoms in total. The van der Waals surface area contributed by atoms with Crippen molar-refractivity contribution in [3.8, 4) is 11.5 Å². The largest absolute Gasteiger partial charge is 0.486 e. The van der Waals surface area contributed by atoms with Gasteiger partial charge in [-0.25, -0.2) is 0 Å². The van der Waals surface area contributed by atoms with Crippen molar-refractivity contribution in [2.45, 2.75) is 12.5 Å². The van der Waals surface area contributed by atoms with Crippen LogP contribution in [-0.2, 0) is 6.42 Å². The van der Waals surface area contributed by atoms with Crippen molar-refractivity contribution in [3.63, 3.8) is 0 Å². The highest BCUT2D eigenvalue weighted by molar-refractivity contribution is 7.07. The number of nitrogens with one attached hydrogen (secondary N) is 1. The average molecular weight is 305 g/mol. The summed E-state index contributed by atoms with van der Waals surface area (Å²) in [6, 6.07) is 7.74. The van der Waals surface area contributed by atoms with Crippen LogP contribution in [0.1, 0.15) is 17.2 Å². The molecule has 0 fully saturated rings. The van der Waals surface area contributed by atoms with Gasteiger partial charge in [-0.2, -0.15) is 11.3 Å². The van der Waals surface area contributed by atoms with Crippen molar-refractivity contribution in [1.82, 2.24) is 5.32 Å². The zero-order chi connectivity index (χ0) is 14.5. The fourth-order valence-electron chi connectivity index (χ4n) is 2.29. The summed E-state index contributed by atoms with van der Waals surface area (Å²) in [5.74, 6) is 1.47. The molecule has 0 radical (unpaired) electrons. The molecule has 2 heterocycles. The number of ether oxygens (including phenoxy) is 2. The zero-order valence-electron chi connectivity index (χ0n) is 11.7. The van der Waals surface area contributed by atoms with Gasteiger partial charge in [-0.3, -0.25) is 0 Å². The van der Waals surface area contributed by atoms with Crippen LogP contribution in [0.4, 0.5) is 0 Å². The number of benzene rings is 1. The van der Waals surface area contributed by atoms with Crippen LogP contribution in [-0.4, -0.2) is 31.4 Å². The van der Waals surface area contributed by atoms with E-state index in [0.29, 0.717) is 19.8 Å². The summed E-state index contributed by atoms with van der Waals surface area (Å²) in [5.41, 5.74) is 2.18. The Balaban J connectivity index is 1.49. The van der Waals surface area contributed by atoms with E-state index in [1.807, 2.05) is 18.2 Å². The Morgan fingerprint density at radius 3 is 2.86 bits per heavy atom. The van der Waals surface area contributed by atoms with Crippen LogP contribution in [0.2, 0.25) is 0 Å². The molecule has 112 valence electrons. The third-order valence-electron chi connectivity index (χ3n) is 3.46. The maximum Gasteiger partial charge on any atom is 0.161 e. The molecule has 0 spiro atoms. The molecule has 1 aliphatic rings. The van der Waals surface area contributed by atoms with E-state index in [2.05, 4.69) is 22.1 Å². The Hall–Kier alpha value is -1.56. The summed E-state index contributed by atoms with van der Waals surface area (Å²) < 4.78 is 11.0. The highest BCUT2D eigenvalue weighted by Gasteiger charge is 2.15. The van der Waals surface area contributed by atoms with Gasteiger partial charge in [0, 0.05) is 6.54 Å². The number of thiophene rings is 1. The molecular weight excluding hydrogens is 286 g/mol. The predicted molar refractivity (Wildman–Crippen MR) is 83.3 cm³/mol. The van der Waals surface area contributed by atoms with Crippen molar-refractivity contribution in [2.24, 2.45) is 0 Å². The van der Waals surface area contributed by atoms with E-state index < -0.39 is 6.10 Å². The van der Waals surface area contributed by atoms with Crippen LogP contribution in [0.3, 0.4) is 0 Å². The van der Waals surface area contributed by atoms with Gasteiger partial charge in [-0.05, 0) is 53.1 Å². The third-order valence-corrected chi connectivity index (χ3v) is 4.19. The molecule has 0 amide bonds. The summed E-state index contributed by atoms with van der Waals surface area (Å²) in [7, 11) is 0. The second-order valence-corrected chi connectivity index (χ2v) is 5.78. The number of hydrogen-bond donors (Lipinski definition) is 2. The molecule has 2 N–H and O–H groups in total. The number of fused-ring (bicyclic) bond motifs is 1. The first-order valence-corrected chi connectivity index (χ1v) is 8.06. The van der Waals surface area contributed by atoms with Crippen LogP contribution in [0.15, 0.2) is 35.0 Å². The van der Waals surface area contributed by atoms with Gasteiger partial charge in [-0.1, -0.05) is 6.07 Å². The lowest BCUT2D eigenvalue weighted by Crippen LogP contribution is -2.24. The molecule has 2 aromatic rings. The Morgan fingerprint density at radius 2 is 2.05 bits per heavy atom. The maximum atomic E-state index is 10.2. The average Bonchev–Trinajstić information content (AvgIpc) is 3.04. The smallest absolute Gasteiger partial charge is 0.161 e. The third kappa shape index (κ3) is 3.75. The van der Waals surface area contributed by atoms with E-state index in [-0.39, 0.29) is 0 Å². The lowest BCUT2D eigenvalue weighted by Gasteiger charge is -2.20. The van der Waals surface area contributed by atoms with Gasteiger partial charge in [-0.15, -0.1) is 0 Å². The second-order valence-electron chi connectivity index (χ2n) is 5.00. The molecule has 1 atom stereocenters. The summed E-state index contributed by atoms with van der Waals surface area (Å²) in [5, 5.41) is 17.7. The van der Waals surface area contributed by atoms with Gasteiger partial charge in [0.1, 0.15) is 13.2 Å². The number of hydrogen-bond acceptors (Lipinski definition) is 5. The molecule has 5 heteroatoms. The minimum Gasteiger partial charge on any atom is -0.486 e. The van der Waals surface area contributed by atoms with Crippen molar-refractivity contribution in [2.75, 3.05) is 26.3 Å². The zero-order valence-corrected chi connectivity index (χ0v) is 12.6. The monoisotopic (exact) mass is 305 g/mol.